The normalized spacial score (nSPS) is 16.4. The standard InChI is InChI=1S/C20H23BrN2O2/c21-16-6-8-17(9-7-16)23(18-10-12-25-13-11-18)20(24)19(22)14-15-4-2-1-3-5-15/h1-9,18-19H,10-14,22H2/t19-/m1/s1. The van der Waals surface area contributed by atoms with E-state index in [4.69, 9.17) is 10.5 Å². The fourth-order valence-corrected chi connectivity index (χ4v) is 3.46. The van der Waals surface area contributed by atoms with Gasteiger partial charge in [-0.2, -0.15) is 0 Å². The first-order valence-corrected chi connectivity index (χ1v) is 9.40. The van der Waals surface area contributed by atoms with Gasteiger partial charge in [0.15, 0.2) is 0 Å². The molecule has 1 saturated heterocycles. The van der Waals surface area contributed by atoms with Crippen LogP contribution in [0.15, 0.2) is 59.1 Å². The molecule has 0 radical (unpaired) electrons. The van der Waals surface area contributed by atoms with Crippen molar-refractivity contribution >= 4 is 27.5 Å². The van der Waals surface area contributed by atoms with Crippen LogP contribution in [0.5, 0.6) is 0 Å². The number of nitrogens with two attached hydrogens (primary N) is 1. The molecule has 5 heteroatoms. The Morgan fingerprint density at radius 3 is 2.40 bits per heavy atom. The number of carbonyl (C=O) groups excluding carboxylic acids is 1. The van der Waals surface area contributed by atoms with Gasteiger partial charge in [-0.05, 0) is 49.1 Å². The Hall–Kier alpha value is -1.69. The van der Waals surface area contributed by atoms with E-state index in [2.05, 4.69) is 15.9 Å². The number of amides is 1. The summed E-state index contributed by atoms with van der Waals surface area (Å²) in [4.78, 5) is 15.1. The van der Waals surface area contributed by atoms with Crippen molar-refractivity contribution in [1.82, 2.24) is 0 Å². The van der Waals surface area contributed by atoms with Crippen molar-refractivity contribution < 1.29 is 9.53 Å². The molecule has 0 bridgehead atoms. The van der Waals surface area contributed by atoms with Crippen LogP contribution in [-0.2, 0) is 16.0 Å². The van der Waals surface area contributed by atoms with Crippen molar-refractivity contribution in [1.29, 1.82) is 0 Å². The maximum absolute atomic E-state index is 13.2. The minimum Gasteiger partial charge on any atom is -0.381 e. The van der Waals surface area contributed by atoms with Crippen LogP contribution in [0.4, 0.5) is 5.69 Å². The van der Waals surface area contributed by atoms with Gasteiger partial charge in [0.2, 0.25) is 5.91 Å². The molecule has 1 atom stereocenters. The number of hydrogen-bond acceptors (Lipinski definition) is 3. The lowest BCUT2D eigenvalue weighted by Crippen LogP contribution is -2.51. The lowest BCUT2D eigenvalue weighted by Gasteiger charge is -2.36. The molecule has 1 heterocycles. The van der Waals surface area contributed by atoms with Gasteiger partial charge in [0.05, 0.1) is 6.04 Å². The minimum atomic E-state index is -0.561. The molecule has 0 spiro atoms. The summed E-state index contributed by atoms with van der Waals surface area (Å²) in [6.45, 7) is 1.36. The summed E-state index contributed by atoms with van der Waals surface area (Å²) >= 11 is 3.45. The SMILES string of the molecule is N[C@H](Cc1ccccc1)C(=O)N(c1ccc(Br)cc1)C1CCOCC1. The van der Waals surface area contributed by atoms with E-state index in [0.717, 1.165) is 28.6 Å². The van der Waals surface area contributed by atoms with Gasteiger partial charge in [0, 0.05) is 29.4 Å². The third kappa shape index (κ3) is 4.69. The average Bonchev–Trinajstić information content (AvgIpc) is 2.65. The first-order valence-electron chi connectivity index (χ1n) is 8.61. The van der Waals surface area contributed by atoms with Crippen LogP contribution in [0, 0.1) is 0 Å². The molecule has 0 unspecified atom stereocenters. The van der Waals surface area contributed by atoms with E-state index < -0.39 is 6.04 Å². The Labute approximate surface area is 157 Å². The summed E-state index contributed by atoms with van der Waals surface area (Å²) < 4.78 is 6.45. The molecule has 1 aliphatic heterocycles. The maximum atomic E-state index is 13.2. The van der Waals surface area contributed by atoms with Crippen LogP contribution in [0.2, 0.25) is 0 Å². The highest BCUT2D eigenvalue weighted by atomic mass is 79.9. The number of anilines is 1. The number of halogens is 1. The zero-order valence-corrected chi connectivity index (χ0v) is 15.7. The molecule has 4 nitrogen and oxygen atoms in total. The van der Waals surface area contributed by atoms with Gasteiger partial charge in [-0.15, -0.1) is 0 Å². The van der Waals surface area contributed by atoms with Crippen LogP contribution < -0.4 is 10.6 Å². The molecule has 1 aliphatic rings. The van der Waals surface area contributed by atoms with Crippen molar-refractivity contribution in [3.63, 3.8) is 0 Å². The van der Waals surface area contributed by atoms with Gasteiger partial charge in [-0.3, -0.25) is 4.79 Å². The fraction of sp³-hybridized carbons (Fsp3) is 0.350. The summed E-state index contributed by atoms with van der Waals surface area (Å²) in [5.41, 5.74) is 8.26. The zero-order chi connectivity index (χ0) is 17.6. The summed E-state index contributed by atoms with van der Waals surface area (Å²) in [6, 6.07) is 17.3. The lowest BCUT2D eigenvalue weighted by molar-refractivity contribution is -0.120. The summed E-state index contributed by atoms with van der Waals surface area (Å²) in [7, 11) is 0. The molecule has 132 valence electrons. The Balaban J connectivity index is 1.82. The highest BCUT2D eigenvalue weighted by Gasteiger charge is 2.30. The van der Waals surface area contributed by atoms with Crippen LogP contribution in [-0.4, -0.2) is 31.2 Å². The monoisotopic (exact) mass is 402 g/mol. The second-order valence-electron chi connectivity index (χ2n) is 6.32. The Morgan fingerprint density at radius 2 is 1.76 bits per heavy atom. The predicted molar refractivity (Wildman–Crippen MR) is 104 cm³/mol. The Bertz CT molecular complexity index is 685. The predicted octanol–water partition coefficient (Wildman–Crippen LogP) is 3.53. The summed E-state index contributed by atoms with van der Waals surface area (Å²) in [5, 5.41) is 0. The van der Waals surface area contributed by atoms with E-state index in [1.54, 1.807) is 0 Å². The molecular weight excluding hydrogens is 380 g/mol. The molecular formula is C20H23BrN2O2. The van der Waals surface area contributed by atoms with Crippen LogP contribution >= 0.6 is 15.9 Å². The molecule has 3 rings (SSSR count). The fourth-order valence-electron chi connectivity index (χ4n) is 3.20. The average molecular weight is 403 g/mol. The van der Waals surface area contributed by atoms with Gasteiger partial charge in [-0.1, -0.05) is 46.3 Å². The number of hydrogen-bond donors (Lipinski definition) is 1. The highest BCUT2D eigenvalue weighted by Crippen LogP contribution is 2.26. The zero-order valence-electron chi connectivity index (χ0n) is 14.1. The number of rotatable bonds is 5. The quantitative estimate of drug-likeness (QED) is 0.831. The molecule has 0 aliphatic carbocycles. The molecule has 1 amide bonds. The second kappa shape index (κ2) is 8.61. The van der Waals surface area contributed by atoms with E-state index in [-0.39, 0.29) is 11.9 Å². The van der Waals surface area contributed by atoms with Gasteiger partial charge in [0.1, 0.15) is 0 Å². The Morgan fingerprint density at radius 1 is 1.12 bits per heavy atom. The van der Waals surface area contributed by atoms with Gasteiger partial charge in [-0.25, -0.2) is 0 Å². The van der Waals surface area contributed by atoms with Crippen molar-refractivity contribution in [3.05, 3.63) is 64.6 Å². The highest BCUT2D eigenvalue weighted by molar-refractivity contribution is 9.10. The molecule has 2 N–H and O–H groups in total. The van der Waals surface area contributed by atoms with E-state index in [0.29, 0.717) is 19.6 Å². The van der Waals surface area contributed by atoms with Crippen LogP contribution in [0.25, 0.3) is 0 Å². The van der Waals surface area contributed by atoms with Crippen LogP contribution in [0.1, 0.15) is 18.4 Å². The lowest BCUT2D eigenvalue weighted by atomic mass is 10.0. The molecule has 1 fully saturated rings. The molecule has 2 aromatic carbocycles. The maximum Gasteiger partial charge on any atom is 0.244 e. The molecule has 2 aromatic rings. The van der Waals surface area contributed by atoms with Crippen molar-refractivity contribution in [3.8, 4) is 0 Å². The minimum absolute atomic E-state index is 0.0296. The van der Waals surface area contributed by atoms with Crippen molar-refractivity contribution in [2.45, 2.75) is 31.3 Å². The topological polar surface area (TPSA) is 55.6 Å². The number of carbonyl (C=O) groups is 1. The first-order chi connectivity index (χ1) is 12.1. The molecule has 25 heavy (non-hydrogen) atoms. The van der Waals surface area contributed by atoms with Gasteiger partial charge in [0.25, 0.3) is 0 Å². The molecule has 0 saturated carbocycles. The van der Waals surface area contributed by atoms with Gasteiger partial charge >= 0.3 is 0 Å². The third-order valence-electron chi connectivity index (χ3n) is 4.51. The largest absolute Gasteiger partial charge is 0.381 e. The summed E-state index contributed by atoms with van der Waals surface area (Å²) in [6.07, 6.45) is 2.20. The first kappa shape index (κ1) is 18.1. The second-order valence-corrected chi connectivity index (χ2v) is 7.24. The van der Waals surface area contributed by atoms with E-state index >= 15 is 0 Å². The van der Waals surface area contributed by atoms with Crippen LogP contribution in [0.3, 0.4) is 0 Å². The van der Waals surface area contributed by atoms with E-state index in [9.17, 15) is 4.79 Å². The number of nitrogens with zero attached hydrogens (tertiary/aromatic N) is 1. The van der Waals surface area contributed by atoms with Crippen molar-refractivity contribution in [2.75, 3.05) is 18.1 Å². The summed E-state index contributed by atoms with van der Waals surface area (Å²) in [5.74, 6) is -0.0296. The third-order valence-corrected chi connectivity index (χ3v) is 5.04. The van der Waals surface area contributed by atoms with Gasteiger partial charge < -0.3 is 15.4 Å². The number of benzene rings is 2. The van der Waals surface area contributed by atoms with E-state index in [1.165, 1.54) is 0 Å². The van der Waals surface area contributed by atoms with E-state index in [1.807, 2.05) is 59.5 Å². The Kier molecular flexibility index (Phi) is 6.24. The molecule has 0 aromatic heterocycles. The smallest absolute Gasteiger partial charge is 0.244 e. The van der Waals surface area contributed by atoms with Crippen molar-refractivity contribution in [2.24, 2.45) is 5.73 Å². The number of ether oxygens (including phenoxy) is 1.